The van der Waals surface area contributed by atoms with Crippen molar-refractivity contribution in [1.82, 2.24) is 15.3 Å². The minimum atomic E-state index is -0.196. The third-order valence-electron chi connectivity index (χ3n) is 7.61. The number of ether oxygens (including phenoxy) is 1. The highest BCUT2D eigenvalue weighted by molar-refractivity contribution is 5.92. The number of carbonyl (C=O) groups excluding carboxylic acids is 2. The Labute approximate surface area is 237 Å². The van der Waals surface area contributed by atoms with Crippen molar-refractivity contribution >= 4 is 17.4 Å². The number of methoxy groups -OCH3 is 1. The van der Waals surface area contributed by atoms with E-state index in [4.69, 9.17) is 9.15 Å². The first kappa shape index (κ1) is 29.2. The number of allylic oxidation sites excluding steroid dienone is 1. The van der Waals surface area contributed by atoms with Gasteiger partial charge in [0.15, 0.2) is 5.69 Å². The number of nitrogens with zero attached hydrogens (tertiary/aromatic N) is 2. The summed E-state index contributed by atoms with van der Waals surface area (Å²) in [6.07, 6.45) is 20.5. The number of hydrogen-bond donors (Lipinski definition) is 1. The minimum Gasteiger partial charge on any atom is -0.469 e. The van der Waals surface area contributed by atoms with Crippen LogP contribution in [0.2, 0.25) is 0 Å². The predicted molar refractivity (Wildman–Crippen MR) is 156 cm³/mol. The molecule has 1 amide bonds. The van der Waals surface area contributed by atoms with Crippen molar-refractivity contribution in [1.29, 1.82) is 0 Å². The summed E-state index contributed by atoms with van der Waals surface area (Å²) in [5.74, 6) is 0.925. The van der Waals surface area contributed by atoms with Gasteiger partial charge < -0.3 is 14.5 Å². The van der Waals surface area contributed by atoms with Crippen LogP contribution in [0.3, 0.4) is 0 Å². The van der Waals surface area contributed by atoms with E-state index in [1.54, 1.807) is 6.20 Å². The van der Waals surface area contributed by atoms with E-state index < -0.39 is 0 Å². The van der Waals surface area contributed by atoms with Gasteiger partial charge in [0.05, 0.1) is 7.11 Å². The van der Waals surface area contributed by atoms with E-state index in [2.05, 4.69) is 21.4 Å². The maximum Gasteiger partial charge on any atom is 0.305 e. The Kier molecular flexibility index (Phi) is 11.5. The van der Waals surface area contributed by atoms with E-state index in [9.17, 15) is 9.59 Å². The van der Waals surface area contributed by atoms with E-state index in [0.29, 0.717) is 24.6 Å². The first-order valence-electron chi connectivity index (χ1n) is 14.7. The van der Waals surface area contributed by atoms with Gasteiger partial charge in [0, 0.05) is 36.5 Å². The highest BCUT2D eigenvalue weighted by Gasteiger charge is 2.15. The number of esters is 1. The minimum absolute atomic E-state index is 0.177. The van der Waals surface area contributed by atoms with Gasteiger partial charge >= 0.3 is 5.97 Å². The van der Waals surface area contributed by atoms with Crippen LogP contribution in [-0.2, 0) is 9.53 Å². The van der Waals surface area contributed by atoms with Crippen molar-refractivity contribution in [2.24, 2.45) is 5.92 Å². The van der Waals surface area contributed by atoms with Crippen LogP contribution >= 0.6 is 0 Å². The molecule has 212 valence electrons. The molecule has 7 nitrogen and oxygen atoms in total. The summed E-state index contributed by atoms with van der Waals surface area (Å²) in [6, 6.07) is 11.9. The topological polar surface area (TPSA) is 94.3 Å². The van der Waals surface area contributed by atoms with Crippen LogP contribution in [-0.4, -0.2) is 35.5 Å². The van der Waals surface area contributed by atoms with Crippen LogP contribution in [0.15, 0.2) is 65.5 Å². The summed E-state index contributed by atoms with van der Waals surface area (Å²) in [6.45, 7) is 0.661. The van der Waals surface area contributed by atoms with Crippen molar-refractivity contribution < 1.29 is 18.7 Å². The van der Waals surface area contributed by atoms with Gasteiger partial charge in [-0.1, -0.05) is 69.2 Å². The largest absolute Gasteiger partial charge is 0.469 e. The Morgan fingerprint density at radius 2 is 1.85 bits per heavy atom. The molecule has 4 rings (SSSR count). The quantitative estimate of drug-likeness (QED) is 0.168. The lowest BCUT2D eigenvalue weighted by molar-refractivity contribution is -0.140. The number of pyridine rings is 1. The van der Waals surface area contributed by atoms with Gasteiger partial charge in [-0.05, 0) is 60.9 Å². The van der Waals surface area contributed by atoms with Crippen molar-refractivity contribution in [3.8, 4) is 11.5 Å². The zero-order valence-corrected chi connectivity index (χ0v) is 23.6. The first-order valence-corrected chi connectivity index (χ1v) is 14.7. The molecule has 3 aromatic rings. The highest BCUT2D eigenvalue weighted by Crippen LogP contribution is 2.28. The van der Waals surface area contributed by atoms with Crippen molar-refractivity contribution in [2.75, 3.05) is 13.7 Å². The molecule has 0 spiro atoms. The zero-order chi connectivity index (χ0) is 28.0. The molecule has 1 aromatic carbocycles. The Balaban J connectivity index is 1.31. The van der Waals surface area contributed by atoms with Crippen LogP contribution in [0, 0.1) is 5.92 Å². The summed E-state index contributed by atoms with van der Waals surface area (Å²) in [4.78, 5) is 32.7. The third kappa shape index (κ3) is 8.90. The number of amides is 1. The molecule has 0 saturated heterocycles. The Bertz CT molecular complexity index is 1230. The molecule has 0 unspecified atom stereocenters. The fourth-order valence-electron chi connectivity index (χ4n) is 5.32. The number of rotatable bonds is 14. The van der Waals surface area contributed by atoms with E-state index in [-0.39, 0.29) is 11.9 Å². The summed E-state index contributed by atoms with van der Waals surface area (Å²) < 4.78 is 10.4. The molecule has 1 N–H and O–H groups in total. The monoisotopic (exact) mass is 543 g/mol. The smallest absolute Gasteiger partial charge is 0.305 e. The van der Waals surface area contributed by atoms with Crippen LogP contribution in [0.1, 0.15) is 98.7 Å². The third-order valence-corrected chi connectivity index (χ3v) is 7.61. The number of benzene rings is 1. The molecule has 1 aliphatic rings. The molecule has 0 aliphatic heterocycles. The molecule has 1 fully saturated rings. The molecule has 1 aliphatic carbocycles. The van der Waals surface area contributed by atoms with Crippen molar-refractivity contribution in [3.63, 3.8) is 0 Å². The van der Waals surface area contributed by atoms with Gasteiger partial charge in [-0.2, -0.15) is 0 Å². The summed E-state index contributed by atoms with van der Waals surface area (Å²) in [7, 11) is 1.42. The van der Waals surface area contributed by atoms with Gasteiger partial charge in [0.2, 0.25) is 5.89 Å². The Morgan fingerprint density at radius 1 is 1.02 bits per heavy atom. The average molecular weight is 544 g/mol. The average Bonchev–Trinajstić information content (AvgIpc) is 3.50. The standard InChI is InChI=1S/C33H41N3O4/c1-39-31(37)16-7-3-6-15-29(28-14-10-21-34-23-28)26-17-19-27(20-18-26)33-36-30(24-40-33)32(38)35-22-9-8-13-25-11-4-2-5-12-25/h10,14-15,17-21,23-25H,2-9,11-13,16,22H2,1H3,(H,35,38)/b29-15+. The summed E-state index contributed by atoms with van der Waals surface area (Å²) >= 11 is 0. The molecule has 0 bridgehead atoms. The lowest BCUT2D eigenvalue weighted by Crippen LogP contribution is -2.24. The predicted octanol–water partition coefficient (Wildman–Crippen LogP) is 7.38. The fourth-order valence-corrected chi connectivity index (χ4v) is 5.32. The molecular formula is C33H41N3O4. The van der Waals surface area contributed by atoms with Crippen LogP contribution in [0.5, 0.6) is 0 Å². The van der Waals surface area contributed by atoms with Gasteiger partial charge in [-0.25, -0.2) is 4.98 Å². The zero-order valence-electron chi connectivity index (χ0n) is 23.6. The Hall–Kier alpha value is -3.74. The number of carbonyl (C=O) groups is 2. The lowest BCUT2D eigenvalue weighted by Gasteiger charge is -2.21. The first-order chi connectivity index (χ1) is 19.6. The molecule has 2 aromatic heterocycles. The molecule has 2 heterocycles. The number of unbranched alkanes of at least 4 members (excludes halogenated alkanes) is 3. The molecule has 0 atom stereocenters. The normalized spacial score (nSPS) is 14.2. The Morgan fingerprint density at radius 3 is 2.60 bits per heavy atom. The second-order valence-electron chi connectivity index (χ2n) is 10.6. The van der Waals surface area contributed by atoms with Gasteiger partial charge in [0.25, 0.3) is 5.91 Å². The maximum atomic E-state index is 12.6. The van der Waals surface area contributed by atoms with E-state index in [1.807, 2.05) is 42.6 Å². The number of nitrogens with one attached hydrogen (secondary N) is 1. The van der Waals surface area contributed by atoms with Gasteiger partial charge in [0.1, 0.15) is 6.26 Å². The molecule has 0 radical (unpaired) electrons. The molecule has 40 heavy (non-hydrogen) atoms. The van der Waals surface area contributed by atoms with E-state index in [1.165, 1.54) is 51.9 Å². The second kappa shape index (κ2) is 15.8. The fraction of sp³-hybridized carbons (Fsp3) is 0.455. The number of aromatic nitrogens is 2. The van der Waals surface area contributed by atoms with Crippen molar-refractivity contribution in [2.45, 2.75) is 77.0 Å². The SMILES string of the molecule is COC(=O)CCCC/C=C(\c1ccc(-c2nc(C(=O)NCCCCC3CCCCC3)co2)cc1)c1cccnc1. The van der Waals surface area contributed by atoms with Gasteiger partial charge in [-0.3, -0.25) is 14.6 Å². The number of oxazole rings is 1. The molecule has 7 heteroatoms. The molecular weight excluding hydrogens is 502 g/mol. The van der Waals surface area contributed by atoms with E-state index in [0.717, 1.165) is 60.3 Å². The van der Waals surface area contributed by atoms with Gasteiger partial charge in [-0.15, -0.1) is 0 Å². The summed E-state index contributed by atoms with van der Waals surface area (Å²) in [5, 5.41) is 2.98. The maximum absolute atomic E-state index is 12.6. The van der Waals surface area contributed by atoms with E-state index >= 15 is 0 Å². The van der Waals surface area contributed by atoms with Crippen LogP contribution in [0.4, 0.5) is 0 Å². The molecule has 1 saturated carbocycles. The highest BCUT2D eigenvalue weighted by atomic mass is 16.5. The number of hydrogen-bond acceptors (Lipinski definition) is 6. The lowest BCUT2D eigenvalue weighted by atomic mass is 9.86. The second-order valence-corrected chi connectivity index (χ2v) is 10.6. The van der Waals surface area contributed by atoms with Crippen LogP contribution < -0.4 is 5.32 Å². The van der Waals surface area contributed by atoms with Crippen molar-refractivity contribution in [3.05, 3.63) is 78.0 Å². The summed E-state index contributed by atoms with van der Waals surface area (Å²) in [5.41, 5.74) is 4.25. The van der Waals surface area contributed by atoms with Crippen LogP contribution in [0.25, 0.3) is 17.0 Å².